The number of likely N-dealkylation sites (tertiary alicyclic amines) is 1. The molecular formula is C26H34ClN7O3S. The molecule has 2 aliphatic heterocycles. The first-order valence-electron chi connectivity index (χ1n) is 12.9. The second-order valence-electron chi connectivity index (χ2n) is 10.6. The van der Waals surface area contributed by atoms with E-state index in [4.69, 9.17) is 21.7 Å². The van der Waals surface area contributed by atoms with E-state index < -0.39 is 10.0 Å². The topological polar surface area (TPSA) is 112 Å². The van der Waals surface area contributed by atoms with E-state index in [1.54, 1.807) is 15.5 Å². The van der Waals surface area contributed by atoms with Crippen LogP contribution in [0, 0.1) is 6.92 Å². The number of aromatic nitrogens is 3. The third-order valence-electron chi connectivity index (χ3n) is 7.09. The number of amides is 1. The Kier molecular flexibility index (Phi) is 7.27. The summed E-state index contributed by atoms with van der Waals surface area (Å²) in [7, 11) is -3.58. The minimum atomic E-state index is -3.58. The smallest absolute Gasteiger partial charge is 0.256 e. The highest BCUT2D eigenvalue weighted by molar-refractivity contribution is 7.92. The van der Waals surface area contributed by atoms with Gasteiger partial charge in [-0.15, -0.1) is 0 Å². The van der Waals surface area contributed by atoms with Crippen LogP contribution in [-0.2, 0) is 10.0 Å². The summed E-state index contributed by atoms with van der Waals surface area (Å²) in [5.41, 5.74) is 2.98. The van der Waals surface area contributed by atoms with Crippen molar-refractivity contribution in [3.05, 3.63) is 52.3 Å². The molecule has 4 heterocycles. The van der Waals surface area contributed by atoms with Gasteiger partial charge in [0.2, 0.25) is 10.0 Å². The molecule has 10 nitrogen and oxygen atoms in total. The molecule has 2 aromatic heterocycles. The van der Waals surface area contributed by atoms with Gasteiger partial charge in [0.05, 0.1) is 29.2 Å². The van der Waals surface area contributed by atoms with Gasteiger partial charge in [-0.1, -0.05) is 11.6 Å². The van der Waals surface area contributed by atoms with Gasteiger partial charge in [-0.3, -0.25) is 9.52 Å². The fourth-order valence-electron chi connectivity index (χ4n) is 5.62. The van der Waals surface area contributed by atoms with Crippen LogP contribution < -0.4 is 14.9 Å². The minimum Gasteiger partial charge on any atom is -0.353 e. The van der Waals surface area contributed by atoms with Crippen LogP contribution in [-0.4, -0.2) is 71.8 Å². The van der Waals surface area contributed by atoms with Gasteiger partial charge < -0.3 is 15.1 Å². The molecule has 12 heteroatoms. The zero-order valence-electron chi connectivity index (χ0n) is 22.1. The summed E-state index contributed by atoms with van der Waals surface area (Å²) in [6.07, 6.45) is 5.62. The van der Waals surface area contributed by atoms with E-state index in [0.717, 1.165) is 61.3 Å². The van der Waals surface area contributed by atoms with E-state index in [0.29, 0.717) is 23.7 Å². The third kappa shape index (κ3) is 5.60. The molecule has 0 saturated carbocycles. The zero-order valence-corrected chi connectivity index (χ0v) is 23.7. The zero-order chi connectivity index (χ0) is 27.2. The van der Waals surface area contributed by atoms with E-state index in [1.807, 2.05) is 19.2 Å². The first-order chi connectivity index (χ1) is 18.0. The number of hydrogen-bond donors (Lipinski definition) is 2. The molecule has 2 saturated heterocycles. The van der Waals surface area contributed by atoms with Crippen LogP contribution in [0.25, 0.3) is 5.65 Å². The van der Waals surface area contributed by atoms with Crippen LogP contribution in [0.3, 0.4) is 0 Å². The van der Waals surface area contributed by atoms with Crippen LogP contribution in [0.15, 0.2) is 30.5 Å². The van der Waals surface area contributed by atoms with Gasteiger partial charge in [-0.25, -0.2) is 17.9 Å². The van der Waals surface area contributed by atoms with Crippen LogP contribution >= 0.6 is 11.6 Å². The summed E-state index contributed by atoms with van der Waals surface area (Å²) >= 11 is 6.21. The van der Waals surface area contributed by atoms with Crippen LogP contribution in [0.5, 0.6) is 0 Å². The van der Waals surface area contributed by atoms with E-state index in [2.05, 4.69) is 28.8 Å². The lowest BCUT2D eigenvalue weighted by Gasteiger charge is -2.37. The maximum atomic E-state index is 13.8. The highest BCUT2D eigenvalue weighted by Crippen LogP contribution is 2.34. The molecule has 204 valence electrons. The Bertz CT molecular complexity index is 1460. The number of nitrogens with zero attached hydrogens (tertiary/aromatic N) is 5. The molecule has 1 amide bonds. The van der Waals surface area contributed by atoms with Gasteiger partial charge in [0, 0.05) is 54.6 Å². The SMILES string of the molecule is Cc1cn2nc([C@@H]3CCCCN3C(=O)c3cc(Cl)ccc3NS(C)(=O)=O)cc2nc1N1CC(C)NC(C)C1. The number of piperazine rings is 1. The fraction of sp³-hybridized carbons (Fsp3) is 0.500. The highest BCUT2D eigenvalue weighted by Gasteiger charge is 2.32. The second-order valence-corrected chi connectivity index (χ2v) is 12.8. The molecule has 3 aromatic rings. The summed E-state index contributed by atoms with van der Waals surface area (Å²) in [5, 5.41) is 8.75. The maximum absolute atomic E-state index is 13.8. The molecule has 0 spiro atoms. The van der Waals surface area contributed by atoms with Crippen molar-refractivity contribution >= 4 is 44.7 Å². The van der Waals surface area contributed by atoms with Gasteiger partial charge in [-0.2, -0.15) is 5.10 Å². The van der Waals surface area contributed by atoms with Crippen molar-refractivity contribution in [2.75, 3.05) is 35.5 Å². The van der Waals surface area contributed by atoms with Gasteiger partial charge >= 0.3 is 0 Å². The molecule has 2 fully saturated rings. The Morgan fingerprint density at radius 1 is 1.16 bits per heavy atom. The Morgan fingerprint density at radius 2 is 1.89 bits per heavy atom. The maximum Gasteiger partial charge on any atom is 0.256 e. The lowest BCUT2D eigenvalue weighted by molar-refractivity contribution is 0.0607. The number of carbonyl (C=O) groups is 1. The number of piperidine rings is 1. The van der Waals surface area contributed by atoms with Crippen molar-refractivity contribution in [2.24, 2.45) is 0 Å². The van der Waals surface area contributed by atoms with Crippen molar-refractivity contribution < 1.29 is 13.2 Å². The lowest BCUT2D eigenvalue weighted by atomic mass is 9.98. The predicted octanol–water partition coefficient (Wildman–Crippen LogP) is 3.62. The summed E-state index contributed by atoms with van der Waals surface area (Å²) in [6, 6.07) is 7.03. The minimum absolute atomic E-state index is 0.211. The average Bonchev–Trinajstić information content (AvgIpc) is 3.25. The Labute approximate surface area is 228 Å². The summed E-state index contributed by atoms with van der Waals surface area (Å²) in [6.45, 7) is 8.70. The molecule has 1 aromatic carbocycles. The highest BCUT2D eigenvalue weighted by atomic mass is 35.5. The van der Waals surface area contributed by atoms with E-state index in [9.17, 15) is 13.2 Å². The number of aryl methyl sites for hydroxylation is 1. The molecule has 2 aliphatic rings. The number of anilines is 2. The van der Waals surface area contributed by atoms with E-state index in [1.165, 1.54) is 12.1 Å². The molecule has 2 N–H and O–H groups in total. The van der Waals surface area contributed by atoms with Gasteiger partial charge in [-0.05, 0) is 58.2 Å². The second kappa shape index (κ2) is 10.3. The molecule has 5 rings (SSSR count). The number of halogens is 1. The van der Waals surface area contributed by atoms with Gasteiger partial charge in [0.15, 0.2) is 5.65 Å². The predicted molar refractivity (Wildman–Crippen MR) is 150 cm³/mol. The number of hydrogen-bond acceptors (Lipinski definition) is 7. The molecule has 0 aliphatic carbocycles. The molecule has 2 unspecified atom stereocenters. The molecule has 0 bridgehead atoms. The van der Waals surface area contributed by atoms with Gasteiger partial charge in [0.25, 0.3) is 5.91 Å². The molecule has 38 heavy (non-hydrogen) atoms. The number of benzene rings is 1. The lowest BCUT2D eigenvalue weighted by Crippen LogP contribution is -2.54. The van der Waals surface area contributed by atoms with Crippen LogP contribution in [0.2, 0.25) is 5.02 Å². The normalized spacial score (nSPS) is 22.6. The number of nitrogens with one attached hydrogen (secondary N) is 2. The van der Waals surface area contributed by atoms with Gasteiger partial charge in [0.1, 0.15) is 5.82 Å². The van der Waals surface area contributed by atoms with Crippen molar-refractivity contribution in [1.29, 1.82) is 0 Å². The Morgan fingerprint density at radius 3 is 2.61 bits per heavy atom. The molecular weight excluding hydrogens is 526 g/mol. The fourth-order valence-corrected chi connectivity index (χ4v) is 6.37. The number of carbonyl (C=O) groups excluding carboxylic acids is 1. The molecule has 0 radical (unpaired) electrons. The first-order valence-corrected chi connectivity index (χ1v) is 15.2. The third-order valence-corrected chi connectivity index (χ3v) is 7.92. The quantitative estimate of drug-likeness (QED) is 0.491. The Balaban J connectivity index is 1.48. The van der Waals surface area contributed by atoms with Crippen molar-refractivity contribution in [1.82, 2.24) is 24.8 Å². The first kappa shape index (κ1) is 26.7. The monoisotopic (exact) mass is 559 g/mol. The number of rotatable bonds is 5. The largest absolute Gasteiger partial charge is 0.353 e. The van der Waals surface area contributed by atoms with Crippen molar-refractivity contribution in [2.45, 2.75) is 58.2 Å². The number of fused-ring (bicyclic) bond motifs is 1. The van der Waals surface area contributed by atoms with Crippen molar-refractivity contribution in [3.8, 4) is 0 Å². The van der Waals surface area contributed by atoms with E-state index in [-0.39, 0.29) is 23.2 Å². The standard InChI is InChI=1S/C26H34ClN7O3S/c1-16-13-34-24(29-25(16)32-14-17(2)28-18(3)15-32)12-22(30-34)23-7-5-6-10-33(23)26(35)20-11-19(27)8-9-21(20)31-38(4,36)37/h8-9,11-13,17-18,23,28,31H,5-7,10,14-15H2,1-4H3/t17?,18?,23-/m0/s1. The summed E-state index contributed by atoms with van der Waals surface area (Å²) in [4.78, 5) is 22.9. The van der Waals surface area contributed by atoms with Crippen LogP contribution in [0.1, 0.15) is 60.8 Å². The number of sulfonamides is 1. The summed E-state index contributed by atoms with van der Waals surface area (Å²) in [5.74, 6) is 0.671. The summed E-state index contributed by atoms with van der Waals surface area (Å²) < 4.78 is 28.1. The van der Waals surface area contributed by atoms with E-state index >= 15 is 0 Å². The van der Waals surface area contributed by atoms with Crippen molar-refractivity contribution in [3.63, 3.8) is 0 Å². The van der Waals surface area contributed by atoms with Crippen LogP contribution in [0.4, 0.5) is 11.5 Å². The molecule has 3 atom stereocenters. The Hall–Kier alpha value is -2.89. The average molecular weight is 560 g/mol.